The third kappa shape index (κ3) is 4.13. The fourth-order valence-corrected chi connectivity index (χ4v) is 3.73. The number of rotatable bonds is 5. The molecule has 1 aliphatic rings. The zero-order valence-electron chi connectivity index (χ0n) is 17.1. The summed E-state index contributed by atoms with van der Waals surface area (Å²) in [5.41, 5.74) is 4.52. The fraction of sp³-hybridized carbons (Fsp3) is 0.364. The number of urea groups is 1. The van der Waals surface area contributed by atoms with Gasteiger partial charge < -0.3 is 24.8 Å². The molecule has 154 valence electrons. The van der Waals surface area contributed by atoms with E-state index in [1.165, 1.54) is 7.11 Å². The van der Waals surface area contributed by atoms with Gasteiger partial charge in [-0.3, -0.25) is 4.79 Å². The lowest BCUT2D eigenvalue weighted by Gasteiger charge is -2.37. The van der Waals surface area contributed by atoms with Crippen LogP contribution in [-0.4, -0.2) is 42.8 Å². The number of anilines is 1. The number of aliphatic carboxylic acids is 1. The molecule has 3 rings (SSSR count). The highest BCUT2D eigenvalue weighted by Gasteiger charge is 2.34. The molecule has 2 N–H and O–H groups in total. The van der Waals surface area contributed by atoms with E-state index < -0.39 is 12.0 Å². The van der Waals surface area contributed by atoms with E-state index in [9.17, 15) is 14.7 Å². The standard InChI is InChI=1S/C22H26N2O5/c1-13-6-5-7-17(14(13)2)23-22(27)24-9-8-15-10-19(28-3)20(29-4)11-16(15)18(24)12-21(25)26/h5-7,10-11,18H,8-9,12H2,1-4H3,(H,23,27)(H,25,26)/t18-/m1/s1. The number of nitrogens with zero attached hydrogens (tertiary/aromatic N) is 1. The van der Waals surface area contributed by atoms with Crippen LogP contribution in [0.25, 0.3) is 0 Å². The highest BCUT2D eigenvalue weighted by Crippen LogP contribution is 2.39. The van der Waals surface area contributed by atoms with Crippen molar-refractivity contribution in [3.05, 3.63) is 52.6 Å². The lowest BCUT2D eigenvalue weighted by molar-refractivity contribution is -0.138. The summed E-state index contributed by atoms with van der Waals surface area (Å²) >= 11 is 0. The first-order valence-corrected chi connectivity index (χ1v) is 9.46. The zero-order chi connectivity index (χ0) is 21.1. The van der Waals surface area contributed by atoms with Gasteiger partial charge in [-0.1, -0.05) is 12.1 Å². The molecule has 7 nitrogen and oxygen atoms in total. The van der Waals surface area contributed by atoms with Crippen molar-refractivity contribution >= 4 is 17.7 Å². The van der Waals surface area contributed by atoms with E-state index in [2.05, 4.69) is 5.32 Å². The molecule has 0 bridgehead atoms. The van der Waals surface area contributed by atoms with Crippen molar-refractivity contribution in [2.45, 2.75) is 32.7 Å². The van der Waals surface area contributed by atoms with E-state index in [1.807, 2.05) is 38.1 Å². The number of carbonyl (C=O) groups excluding carboxylic acids is 1. The summed E-state index contributed by atoms with van der Waals surface area (Å²) in [6.45, 7) is 4.34. The monoisotopic (exact) mass is 398 g/mol. The van der Waals surface area contributed by atoms with Gasteiger partial charge in [-0.05, 0) is 60.7 Å². The molecule has 0 unspecified atom stereocenters. The lowest BCUT2D eigenvalue weighted by atomic mass is 9.90. The van der Waals surface area contributed by atoms with Gasteiger partial charge in [0.1, 0.15) is 0 Å². The number of nitrogens with one attached hydrogen (secondary N) is 1. The van der Waals surface area contributed by atoms with Crippen LogP contribution in [-0.2, 0) is 11.2 Å². The first kappa shape index (κ1) is 20.5. The molecule has 0 fully saturated rings. The van der Waals surface area contributed by atoms with Crippen molar-refractivity contribution in [2.75, 3.05) is 26.1 Å². The molecule has 2 aromatic carbocycles. The van der Waals surface area contributed by atoms with Gasteiger partial charge in [0.05, 0.1) is 26.7 Å². The van der Waals surface area contributed by atoms with Crippen molar-refractivity contribution < 1.29 is 24.2 Å². The van der Waals surface area contributed by atoms with E-state index in [0.29, 0.717) is 24.5 Å². The van der Waals surface area contributed by atoms with Crippen molar-refractivity contribution in [1.29, 1.82) is 0 Å². The molecule has 1 aliphatic heterocycles. The smallest absolute Gasteiger partial charge is 0.322 e. The van der Waals surface area contributed by atoms with Crippen molar-refractivity contribution in [3.63, 3.8) is 0 Å². The second-order valence-electron chi connectivity index (χ2n) is 7.14. The Bertz CT molecular complexity index is 941. The number of ether oxygens (including phenoxy) is 2. The number of carboxylic acids is 1. The summed E-state index contributed by atoms with van der Waals surface area (Å²) in [6, 6.07) is 8.44. The van der Waals surface area contributed by atoms with Crippen LogP contribution >= 0.6 is 0 Å². The molecule has 0 saturated heterocycles. The Hall–Kier alpha value is -3.22. The van der Waals surface area contributed by atoms with Gasteiger partial charge in [0.2, 0.25) is 0 Å². The normalized spacial score (nSPS) is 15.4. The largest absolute Gasteiger partial charge is 0.493 e. The number of hydrogen-bond acceptors (Lipinski definition) is 4. The van der Waals surface area contributed by atoms with Gasteiger partial charge in [-0.25, -0.2) is 4.79 Å². The Morgan fingerprint density at radius 3 is 2.52 bits per heavy atom. The average Bonchev–Trinajstić information content (AvgIpc) is 2.70. The molecule has 1 heterocycles. The summed E-state index contributed by atoms with van der Waals surface area (Å²) in [5, 5.41) is 12.4. The number of hydrogen-bond donors (Lipinski definition) is 2. The number of fused-ring (bicyclic) bond motifs is 1. The van der Waals surface area contributed by atoms with Crippen LogP contribution in [0.4, 0.5) is 10.5 Å². The maximum Gasteiger partial charge on any atom is 0.322 e. The van der Waals surface area contributed by atoms with E-state index >= 15 is 0 Å². The molecular weight excluding hydrogens is 372 g/mol. The minimum Gasteiger partial charge on any atom is -0.493 e. The molecule has 7 heteroatoms. The Morgan fingerprint density at radius 1 is 1.17 bits per heavy atom. The first-order valence-electron chi connectivity index (χ1n) is 9.46. The van der Waals surface area contributed by atoms with Gasteiger partial charge in [-0.2, -0.15) is 0 Å². The number of benzene rings is 2. The Kier molecular flexibility index (Phi) is 5.96. The summed E-state index contributed by atoms with van der Waals surface area (Å²) in [7, 11) is 3.09. The SMILES string of the molecule is COc1cc2c(cc1OC)[C@@H](CC(=O)O)N(C(=O)Nc1cccc(C)c1C)CC2. The van der Waals surface area contributed by atoms with Gasteiger partial charge in [0, 0.05) is 12.2 Å². The molecule has 2 amide bonds. The molecule has 2 aromatic rings. The van der Waals surface area contributed by atoms with E-state index in [0.717, 1.165) is 27.9 Å². The molecular formula is C22H26N2O5. The number of carboxylic acid groups (broad SMARTS) is 1. The van der Waals surface area contributed by atoms with Crippen LogP contribution in [0.2, 0.25) is 0 Å². The Morgan fingerprint density at radius 2 is 1.86 bits per heavy atom. The van der Waals surface area contributed by atoms with Crippen LogP contribution in [0.3, 0.4) is 0 Å². The third-order valence-corrected chi connectivity index (χ3v) is 5.48. The van der Waals surface area contributed by atoms with Crippen LogP contribution < -0.4 is 14.8 Å². The maximum atomic E-state index is 13.1. The van der Waals surface area contributed by atoms with Gasteiger partial charge in [0.15, 0.2) is 11.5 Å². The highest BCUT2D eigenvalue weighted by atomic mass is 16.5. The molecule has 0 aliphatic carbocycles. The Balaban J connectivity index is 1.96. The summed E-state index contributed by atoms with van der Waals surface area (Å²) in [5.74, 6) is 0.134. The zero-order valence-corrected chi connectivity index (χ0v) is 17.1. The van der Waals surface area contributed by atoms with Gasteiger partial charge >= 0.3 is 12.0 Å². The van der Waals surface area contributed by atoms with Crippen molar-refractivity contribution in [1.82, 2.24) is 4.90 Å². The maximum absolute atomic E-state index is 13.1. The fourth-order valence-electron chi connectivity index (χ4n) is 3.73. The minimum atomic E-state index is -0.970. The molecule has 0 radical (unpaired) electrons. The molecule has 29 heavy (non-hydrogen) atoms. The third-order valence-electron chi connectivity index (χ3n) is 5.48. The van der Waals surface area contributed by atoms with Crippen LogP contribution in [0.5, 0.6) is 11.5 Å². The second-order valence-corrected chi connectivity index (χ2v) is 7.14. The predicted octanol–water partition coefficient (Wildman–Crippen LogP) is 3.93. The van der Waals surface area contributed by atoms with E-state index in [1.54, 1.807) is 18.1 Å². The topological polar surface area (TPSA) is 88.1 Å². The second kappa shape index (κ2) is 8.43. The van der Waals surface area contributed by atoms with Crippen LogP contribution in [0.15, 0.2) is 30.3 Å². The van der Waals surface area contributed by atoms with Crippen LogP contribution in [0, 0.1) is 13.8 Å². The van der Waals surface area contributed by atoms with Gasteiger partial charge in [0.25, 0.3) is 0 Å². The summed E-state index contributed by atoms with van der Waals surface area (Å²) in [4.78, 5) is 26.2. The minimum absolute atomic E-state index is 0.192. The van der Waals surface area contributed by atoms with E-state index in [-0.39, 0.29) is 12.5 Å². The highest BCUT2D eigenvalue weighted by molar-refractivity contribution is 5.91. The van der Waals surface area contributed by atoms with Crippen LogP contribution in [0.1, 0.15) is 34.7 Å². The first-order chi connectivity index (χ1) is 13.8. The molecule has 0 saturated carbocycles. The molecule has 1 atom stereocenters. The summed E-state index contributed by atoms with van der Waals surface area (Å²) < 4.78 is 10.7. The molecule has 0 spiro atoms. The molecule has 0 aromatic heterocycles. The number of aryl methyl sites for hydroxylation is 1. The van der Waals surface area contributed by atoms with Crippen molar-refractivity contribution in [3.8, 4) is 11.5 Å². The average molecular weight is 398 g/mol. The quantitative estimate of drug-likeness (QED) is 0.797. The van der Waals surface area contributed by atoms with Crippen molar-refractivity contribution in [2.24, 2.45) is 0 Å². The lowest BCUT2D eigenvalue weighted by Crippen LogP contribution is -2.43. The Labute approximate surface area is 170 Å². The van der Waals surface area contributed by atoms with Gasteiger partial charge in [-0.15, -0.1) is 0 Å². The van der Waals surface area contributed by atoms with E-state index in [4.69, 9.17) is 9.47 Å². The predicted molar refractivity (Wildman–Crippen MR) is 110 cm³/mol. The number of carbonyl (C=O) groups is 2. The summed E-state index contributed by atoms with van der Waals surface area (Å²) in [6.07, 6.45) is 0.411. The number of methoxy groups -OCH3 is 2. The number of amides is 2.